The van der Waals surface area contributed by atoms with Gasteiger partial charge in [-0.1, -0.05) is 30.3 Å². The van der Waals surface area contributed by atoms with E-state index < -0.39 is 104 Å². The van der Waals surface area contributed by atoms with Gasteiger partial charge < -0.3 is 85.8 Å². The van der Waals surface area contributed by atoms with Gasteiger partial charge in [0.15, 0.2) is 12.6 Å². The zero-order valence-corrected chi connectivity index (χ0v) is 29.5. The van der Waals surface area contributed by atoms with E-state index in [0.717, 1.165) is 5.56 Å². The van der Waals surface area contributed by atoms with Crippen molar-refractivity contribution in [3.8, 4) is 0 Å². The van der Waals surface area contributed by atoms with E-state index >= 15 is 0 Å². The third-order valence-electron chi connectivity index (χ3n) is 8.46. The maximum Gasteiger partial charge on any atom is 0.407 e. The SMILES string of the molecule is O=C(CC[C@H](NC(=O)CCCNC(=O)OCc1ccccc1)C(=O)NCCO[C@H]1O[C@H](CO)[C@@H](O)[C@H](O)[C@@H]1O)NCCO[C@H]1O[C@H](CO)[C@@H](O)[C@H](O)[C@@H]1O. The zero-order valence-electron chi connectivity index (χ0n) is 29.5. The van der Waals surface area contributed by atoms with Gasteiger partial charge in [-0.3, -0.25) is 14.4 Å². The third kappa shape index (κ3) is 14.2. The number of carbonyl (C=O) groups is 4. The fourth-order valence-electron chi connectivity index (χ4n) is 5.36. The number of aliphatic hydroxyl groups is 8. The first-order valence-electron chi connectivity index (χ1n) is 17.5. The molecular formula is C33H52N4O17. The lowest BCUT2D eigenvalue weighted by Crippen LogP contribution is -2.59. The molecule has 0 aliphatic carbocycles. The Kier molecular flexibility index (Phi) is 19.4. The predicted octanol–water partition coefficient (Wildman–Crippen LogP) is -5.18. The number of hydrogen-bond acceptors (Lipinski definition) is 17. The molecule has 0 aromatic heterocycles. The highest BCUT2D eigenvalue weighted by Crippen LogP contribution is 2.23. The number of rotatable bonds is 21. The Hall–Kier alpha value is -3.58. The van der Waals surface area contributed by atoms with Crippen LogP contribution in [0, 0.1) is 0 Å². The third-order valence-corrected chi connectivity index (χ3v) is 8.46. The van der Waals surface area contributed by atoms with Crippen molar-refractivity contribution in [2.45, 2.75) is 99.7 Å². The molecule has 306 valence electrons. The molecule has 0 unspecified atom stereocenters. The first kappa shape index (κ1) is 44.8. The second-order valence-electron chi connectivity index (χ2n) is 12.5. The molecule has 0 spiro atoms. The van der Waals surface area contributed by atoms with Gasteiger partial charge in [0.2, 0.25) is 17.7 Å². The standard InChI is InChI=1S/C33H52N4O17/c38-15-20-24(42)26(44)28(46)31(53-20)50-13-11-34-22(40)9-8-19(30(48)35-12-14-51-32-29(47)27(45)25(43)21(16-39)54-32)37-23(41)7-4-10-36-33(49)52-17-18-5-2-1-3-6-18/h1-3,5-6,19-21,24-29,31-32,38-39,42-47H,4,7-17H2,(H,34,40)(H,35,48)(H,36,49)(H,37,41)/t19-,20+,21+,24+,25+,26-,27-,28-,29-,31-,32-/m0/s1. The number of benzene rings is 1. The lowest BCUT2D eigenvalue weighted by Gasteiger charge is -2.39. The van der Waals surface area contributed by atoms with Crippen LogP contribution in [0.25, 0.3) is 0 Å². The number of carbonyl (C=O) groups excluding carboxylic acids is 4. The summed E-state index contributed by atoms with van der Waals surface area (Å²) in [7, 11) is 0. The lowest BCUT2D eigenvalue weighted by atomic mass is 9.99. The summed E-state index contributed by atoms with van der Waals surface area (Å²) in [4.78, 5) is 50.4. The minimum atomic E-state index is -1.66. The van der Waals surface area contributed by atoms with Gasteiger partial charge in [0.05, 0.1) is 26.4 Å². The van der Waals surface area contributed by atoms with Crippen LogP contribution in [0.15, 0.2) is 30.3 Å². The fourth-order valence-corrected chi connectivity index (χ4v) is 5.36. The van der Waals surface area contributed by atoms with Crippen LogP contribution in [0.5, 0.6) is 0 Å². The largest absolute Gasteiger partial charge is 0.445 e. The smallest absolute Gasteiger partial charge is 0.407 e. The minimum Gasteiger partial charge on any atom is -0.445 e. The van der Waals surface area contributed by atoms with E-state index in [9.17, 15) is 60.0 Å². The Morgan fingerprint density at radius 1 is 0.667 bits per heavy atom. The summed E-state index contributed by atoms with van der Waals surface area (Å²) in [6.45, 7) is -1.84. The lowest BCUT2D eigenvalue weighted by molar-refractivity contribution is -0.300. The first-order valence-corrected chi connectivity index (χ1v) is 17.5. The fraction of sp³-hybridized carbons (Fsp3) is 0.697. The Balaban J connectivity index is 1.45. The van der Waals surface area contributed by atoms with Crippen molar-refractivity contribution < 1.29 is 83.7 Å². The van der Waals surface area contributed by atoms with Gasteiger partial charge >= 0.3 is 6.09 Å². The van der Waals surface area contributed by atoms with Crippen LogP contribution in [0.2, 0.25) is 0 Å². The molecule has 21 heteroatoms. The van der Waals surface area contributed by atoms with Crippen LogP contribution < -0.4 is 21.3 Å². The van der Waals surface area contributed by atoms with Gasteiger partial charge in [0, 0.05) is 32.5 Å². The summed E-state index contributed by atoms with van der Waals surface area (Å²) in [5.74, 6) is -1.79. The van der Waals surface area contributed by atoms with Crippen molar-refractivity contribution in [2.75, 3.05) is 46.1 Å². The van der Waals surface area contributed by atoms with E-state index in [0.29, 0.717) is 0 Å². The van der Waals surface area contributed by atoms with Crippen molar-refractivity contribution in [1.29, 1.82) is 0 Å². The Morgan fingerprint density at radius 2 is 1.22 bits per heavy atom. The van der Waals surface area contributed by atoms with E-state index in [1.807, 2.05) is 6.07 Å². The van der Waals surface area contributed by atoms with Crippen LogP contribution in [0.1, 0.15) is 31.2 Å². The molecule has 2 aliphatic heterocycles. The van der Waals surface area contributed by atoms with Crippen molar-refractivity contribution in [2.24, 2.45) is 0 Å². The minimum absolute atomic E-state index is 0.0658. The zero-order chi connectivity index (χ0) is 39.6. The van der Waals surface area contributed by atoms with Crippen molar-refractivity contribution >= 4 is 23.8 Å². The second-order valence-corrected chi connectivity index (χ2v) is 12.5. The molecule has 0 radical (unpaired) electrons. The second kappa shape index (κ2) is 23.4. The van der Waals surface area contributed by atoms with Crippen LogP contribution in [0.3, 0.4) is 0 Å². The first-order chi connectivity index (χ1) is 25.9. The monoisotopic (exact) mass is 776 g/mol. The molecule has 21 nitrogen and oxygen atoms in total. The van der Waals surface area contributed by atoms with Crippen LogP contribution in [-0.4, -0.2) is 178 Å². The van der Waals surface area contributed by atoms with Gasteiger partial charge in [-0.05, 0) is 18.4 Å². The van der Waals surface area contributed by atoms with E-state index in [1.165, 1.54) is 0 Å². The number of amides is 4. The molecule has 54 heavy (non-hydrogen) atoms. The number of alkyl carbamates (subject to hydrolysis) is 1. The van der Waals surface area contributed by atoms with E-state index in [-0.39, 0.29) is 65.1 Å². The van der Waals surface area contributed by atoms with Crippen LogP contribution in [0.4, 0.5) is 4.79 Å². The van der Waals surface area contributed by atoms with Gasteiger partial charge in [-0.2, -0.15) is 0 Å². The van der Waals surface area contributed by atoms with Gasteiger partial charge in [-0.25, -0.2) is 4.79 Å². The summed E-state index contributed by atoms with van der Waals surface area (Å²) in [6.07, 6.45) is -15.8. The molecule has 3 rings (SSSR count). The van der Waals surface area contributed by atoms with Gasteiger partial charge in [0.1, 0.15) is 61.5 Å². The quantitative estimate of drug-likeness (QED) is 0.0519. The molecule has 2 fully saturated rings. The molecular weight excluding hydrogens is 724 g/mol. The summed E-state index contributed by atoms with van der Waals surface area (Å²) in [5.41, 5.74) is 0.798. The normalized spacial score (nSPS) is 28.7. The predicted molar refractivity (Wildman–Crippen MR) is 180 cm³/mol. The summed E-state index contributed by atoms with van der Waals surface area (Å²) in [6, 6.07) is 7.83. The average molecular weight is 777 g/mol. The van der Waals surface area contributed by atoms with Crippen molar-refractivity contribution in [1.82, 2.24) is 21.3 Å². The number of aliphatic hydroxyl groups excluding tert-OH is 8. The maximum atomic E-state index is 13.1. The topological polar surface area (TPSA) is 324 Å². The van der Waals surface area contributed by atoms with Gasteiger partial charge in [-0.15, -0.1) is 0 Å². The molecule has 0 saturated carbocycles. The van der Waals surface area contributed by atoms with E-state index in [2.05, 4.69) is 21.3 Å². The summed E-state index contributed by atoms with van der Waals surface area (Å²) < 4.78 is 26.3. The average Bonchev–Trinajstić information content (AvgIpc) is 3.17. The molecule has 1 aromatic rings. The summed E-state index contributed by atoms with van der Waals surface area (Å²) in [5, 5.41) is 88.6. The molecule has 0 bridgehead atoms. The molecule has 12 N–H and O–H groups in total. The summed E-state index contributed by atoms with van der Waals surface area (Å²) >= 11 is 0. The van der Waals surface area contributed by atoms with E-state index in [4.69, 9.17) is 23.7 Å². The van der Waals surface area contributed by atoms with Crippen molar-refractivity contribution in [3.05, 3.63) is 35.9 Å². The molecule has 1 aromatic carbocycles. The van der Waals surface area contributed by atoms with Crippen LogP contribution >= 0.6 is 0 Å². The van der Waals surface area contributed by atoms with Gasteiger partial charge in [0.25, 0.3) is 0 Å². The molecule has 2 aliphatic rings. The van der Waals surface area contributed by atoms with Crippen LogP contribution in [-0.2, 0) is 44.7 Å². The Morgan fingerprint density at radius 3 is 1.78 bits per heavy atom. The molecule has 2 saturated heterocycles. The number of ether oxygens (including phenoxy) is 5. The number of hydrogen-bond donors (Lipinski definition) is 12. The Labute approximate surface area is 310 Å². The molecule has 4 amide bonds. The highest BCUT2D eigenvalue weighted by Gasteiger charge is 2.45. The van der Waals surface area contributed by atoms with Crippen molar-refractivity contribution in [3.63, 3.8) is 0 Å². The van der Waals surface area contributed by atoms with E-state index in [1.54, 1.807) is 24.3 Å². The number of nitrogens with one attached hydrogen (secondary N) is 4. The maximum absolute atomic E-state index is 13.1. The molecule has 11 atom stereocenters. The Bertz CT molecular complexity index is 1290. The highest BCUT2D eigenvalue weighted by atomic mass is 16.7. The molecule has 2 heterocycles. The highest BCUT2D eigenvalue weighted by molar-refractivity contribution is 5.88.